The number of halogens is 1. The number of carbonyl (C=O) groups is 1. The van der Waals surface area contributed by atoms with Gasteiger partial charge in [0.1, 0.15) is 36.1 Å². The summed E-state index contributed by atoms with van der Waals surface area (Å²) in [6.45, 7) is 0.0450. The zero-order valence-electron chi connectivity index (χ0n) is 20.2. The van der Waals surface area contributed by atoms with Gasteiger partial charge in [0.2, 0.25) is 0 Å². The summed E-state index contributed by atoms with van der Waals surface area (Å²) < 4.78 is 18.7. The van der Waals surface area contributed by atoms with E-state index in [1.54, 1.807) is 42.5 Å². The molecule has 3 aromatic rings. The molecule has 0 aliphatic carbocycles. The molecule has 2 aromatic carbocycles. The molecule has 198 valence electrons. The van der Waals surface area contributed by atoms with E-state index >= 15 is 0 Å². The van der Waals surface area contributed by atoms with Crippen molar-refractivity contribution in [3.63, 3.8) is 0 Å². The maximum absolute atomic E-state index is 13.5. The number of ether oxygens (including phenoxy) is 1. The predicted molar refractivity (Wildman–Crippen MR) is 134 cm³/mol. The molecule has 11 heteroatoms. The van der Waals surface area contributed by atoms with Gasteiger partial charge in [-0.15, -0.1) is 0 Å². The van der Waals surface area contributed by atoms with Crippen LogP contribution in [0.2, 0.25) is 0 Å². The third-order valence-corrected chi connectivity index (χ3v) is 6.21. The number of hydrogen-bond donors (Lipinski definition) is 6. The van der Waals surface area contributed by atoms with Crippen molar-refractivity contribution in [3.05, 3.63) is 83.2 Å². The number of benzene rings is 2. The lowest BCUT2D eigenvalue weighted by Crippen LogP contribution is -2.60. The van der Waals surface area contributed by atoms with Crippen molar-refractivity contribution in [3.8, 4) is 17.3 Å². The summed E-state index contributed by atoms with van der Waals surface area (Å²) in [5.41, 5.74) is 2.34. The van der Waals surface area contributed by atoms with Gasteiger partial charge in [0.25, 0.3) is 5.91 Å². The van der Waals surface area contributed by atoms with Crippen LogP contribution >= 0.6 is 0 Å². The Morgan fingerprint density at radius 3 is 2.58 bits per heavy atom. The maximum Gasteiger partial charge on any atom is 0.255 e. The number of rotatable bonds is 8. The van der Waals surface area contributed by atoms with Crippen LogP contribution in [0.4, 0.5) is 10.2 Å². The summed E-state index contributed by atoms with van der Waals surface area (Å²) >= 11 is 0. The number of aromatic nitrogens is 1. The van der Waals surface area contributed by atoms with Crippen LogP contribution in [0, 0.1) is 17.1 Å². The van der Waals surface area contributed by atoms with E-state index in [1.807, 2.05) is 0 Å². The molecule has 6 N–H and O–H groups in total. The van der Waals surface area contributed by atoms with Gasteiger partial charge < -0.3 is 35.8 Å². The predicted octanol–water partition coefficient (Wildman–Crippen LogP) is 0.944. The number of aliphatic hydroxyl groups excluding tert-OH is 4. The van der Waals surface area contributed by atoms with Gasteiger partial charge in [-0.1, -0.05) is 30.3 Å². The Morgan fingerprint density at radius 1 is 1.03 bits per heavy atom. The summed E-state index contributed by atoms with van der Waals surface area (Å²) in [5, 5.41) is 54.6. The largest absolute Gasteiger partial charge is 0.388 e. The Kier molecular flexibility index (Phi) is 8.62. The van der Waals surface area contributed by atoms with Crippen LogP contribution in [0.3, 0.4) is 0 Å². The van der Waals surface area contributed by atoms with E-state index in [2.05, 4.69) is 21.7 Å². The third-order valence-electron chi connectivity index (χ3n) is 6.21. The Labute approximate surface area is 218 Å². The van der Waals surface area contributed by atoms with Crippen molar-refractivity contribution < 1.29 is 34.3 Å². The Balaban J connectivity index is 1.54. The standard InChI is InChI=1S/C27H27FN4O6/c28-17-6-3-4-15(12-17)10-11-30-25-19(8-9-20(32-25)18-7-2-1-5-16(18)13-29)26(36)31-14-21-22(33)23(34)24(35)27(37)38-21/h1-9,12,21-24,27,33-35,37H,10-11,14H2,(H,30,32)(H,31,36)/t21-,22-,23+,24-,27-/m1/s1. The van der Waals surface area contributed by atoms with E-state index in [0.29, 0.717) is 29.8 Å². The second kappa shape index (κ2) is 12.1. The third kappa shape index (κ3) is 6.13. The number of carbonyl (C=O) groups excluding carboxylic acids is 1. The van der Waals surface area contributed by atoms with Gasteiger partial charge >= 0.3 is 0 Å². The van der Waals surface area contributed by atoms with Crippen molar-refractivity contribution in [1.82, 2.24) is 10.3 Å². The van der Waals surface area contributed by atoms with Crippen LogP contribution in [0.1, 0.15) is 21.5 Å². The summed E-state index contributed by atoms with van der Waals surface area (Å²) in [6, 6.07) is 18.3. The van der Waals surface area contributed by atoms with Crippen LogP contribution < -0.4 is 10.6 Å². The van der Waals surface area contributed by atoms with Crippen LogP contribution in [0.15, 0.2) is 60.7 Å². The first-order chi connectivity index (χ1) is 18.3. The van der Waals surface area contributed by atoms with Crippen molar-refractivity contribution in [2.45, 2.75) is 37.1 Å². The average Bonchev–Trinajstić information content (AvgIpc) is 2.93. The van der Waals surface area contributed by atoms with Crippen molar-refractivity contribution in [2.75, 3.05) is 18.4 Å². The summed E-state index contributed by atoms with van der Waals surface area (Å²) in [6.07, 6.45) is -7.33. The van der Waals surface area contributed by atoms with Crippen LogP contribution in [-0.4, -0.2) is 75.1 Å². The zero-order valence-corrected chi connectivity index (χ0v) is 20.2. The molecule has 10 nitrogen and oxygen atoms in total. The molecule has 0 saturated carbocycles. The molecule has 1 aromatic heterocycles. The number of pyridine rings is 1. The highest BCUT2D eigenvalue weighted by atomic mass is 19.1. The molecule has 1 aliphatic rings. The smallest absolute Gasteiger partial charge is 0.255 e. The fourth-order valence-electron chi connectivity index (χ4n) is 4.14. The van der Waals surface area contributed by atoms with E-state index in [4.69, 9.17) is 4.74 Å². The minimum absolute atomic E-state index is 0.147. The maximum atomic E-state index is 13.5. The SMILES string of the molecule is N#Cc1ccccc1-c1ccc(C(=O)NC[C@H]2O[C@@H](O)[C@H](O)[C@@H](O)[C@@H]2O)c(NCCc2cccc(F)c2)n1. The lowest BCUT2D eigenvalue weighted by molar-refractivity contribution is -0.279. The van der Waals surface area contributed by atoms with Gasteiger partial charge in [-0.2, -0.15) is 5.26 Å². The van der Waals surface area contributed by atoms with Gasteiger partial charge in [0, 0.05) is 18.7 Å². The molecule has 5 atom stereocenters. The Hall–Kier alpha value is -3.92. The lowest BCUT2D eigenvalue weighted by Gasteiger charge is -2.38. The number of nitrogens with one attached hydrogen (secondary N) is 2. The number of hydrogen-bond acceptors (Lipinski definition) is 9. The van der Waals surface area contributed by atoms with E-state index in [9.17, 15) is 34.9 Å². The fraction of sp³-hybridized carbons (Fsp3) is 0.296. The van der Waals surface area contributed by atoms with Gasteiger partial charge in [-0.3, -0.25) is 4.79 Å². The van der Waals surface area contributed by atoms with E-state index in [0.717, 1.165) is 5.56 Å². The summed E-state index contributed by atoms with van der Waals surface area (Å²) in [4.78, 5) is 17.7. The first-order valence-electron chi connectivity index (χ1n) is 11.9. The highest BCUT2D eigenvalue weighted by Gasteiger charge is 2.43. The monoisotopic (exact) mass is 522 g/mol. The zero-order chi connectivity index (χ0) is 27.2. The number of anilines is 1. The minimum atomic E-state index is -1.73. The normalized spacial score (nSPS) is 22.9. The van der Waals surface area contributed by atoms with Crippen molar-refractivity contribution >= 4 is 11.7 Å². The molecule has 0 spiro atoms. The topological polar surface area (TPSA) is 168 Å². The Morgan fingerprint density at radius 2 is 1.82 bits per heavy atom. The molecule has 1 amide bonds. The molecule has 0 unspecified atom stereocenters. The summed E-state index contributed by atoms with van der Waals surface area (Å²) in [7, 11) is 0. The summed E-state index contributed by atoms with van der Waals surface area (Å²) in [5.74, 6) is -0.729. The lowest BCUT2D eigenvalue weighted by atomic mass is 9.99. The van der Waals surface area contributed by atoms with Gasteiger partial charge in [-0.25, -0.2) is 9.37 Å². The number of aliphatic hydroxyl groups is 4. The van der Waals surface area contributed by atoms with E-state index in [1.165, 1.54) is 18.2 Å². The molecule has 0 radical (unpaired) electrons. The number of nitriles is 1. The fourth-order valence-corrected chi connectivity index (χ4v) is 4.14. The van der Waals surface area contributed by atoms with Crippen LogP contribution in [0.25, 0.3) is 11.3 Å². The molecule has 1 fully saturated rings. The van der Waals surface area contributed by atoms with Gasteiger partial charge in [0.05, 0.1) is 22.9 Å². The van der Waals surface area contributed by atoms with Crippen molar-refractivity contribution in [2.24, 2.45) is 0 Å². The number of amides is 1. The molecular formula is C27H27FN4O6. The molecule has 38 heavy (non-hydrogen) atoms. The second-order valence-corrected chi connectivity index (χ2v) is 8.80. The molecule has 4 rings (SSSR count). The van der Waals surface area contributed by atoms with Crippen LogP contribution in [-0.2, 0) is 11.2 Å². The molecule has 2 heterocycles. The molecule has 1 saturated heterocycles. The van der Waals surface area contributed by atoms with E-state index < -0.39 is 36.6 Å². The van der Waals surface area contributed by atoms with E-state index in [-0.39, 0.29) is 23.7 Å². The highest BCUT2D eigenvalue weighted by Crippen LogP contribution is 2.25. The first-order valence-corrected chi connectivity index (χ1v) is 11.9. The minimum Gasteiger partial charge on any atom is -0.388 e. The quantitative estimate of drug-likeness (QED) is 0.252. The van der Waals surface area contributed by atoms with Crippen molar-refractivity contribution in [1.29, 1.82) is 5.26 Å². The van der Waals surface area contributed by atoms with Gasteiger partial charge in [-0.05, 0) is 42.3 Å². The second-order valence-electron chi connectivity index (χ2n) is 8.80. The number of nitrogens with zero attached hydrogens (tertiary/aromatic N) is 2. The molecule has 0 bridgehead atoms. The average molecular weight is 523 g/mol. The molecular weight excluding hydrogens is 495 g/mol. The first kappa shape index (κ1) is 27.1. The molecule has 1 aliphatic heterocycles. The Bertz CT molecular complexity index is 1330. The van der Waals surface area contributed by atoms with Gasteiger partial charge in [0.15, 0.2) is 6.29 Å². The van der Waals surface area contributed by atoms with Crippen LogP contribution in [0.5, 0.6) is 0 Å². The highest BCUT2D eigenvalue weighted by molar-refractivity contribution is 5.99.